The first-order valence-corrected chi connectivity index (χ1v) is 6.54. The predicted molar refractivity (Wildman–Crippen MR) is 71.7 cm³/mol. The van der Waals surface area contributed by atoms with Gasteiger partial charge in [-0.1, -0.05) is 6.92 Å². The second-order valence-corrected chi connectivity index (χ2v) is 5.20. The smallest absolute Gasteiger partial charge is 0.226 e. The number of ether oxygens (including phenoxy) is 1. The highest BCUT2D eigenvalue weighted by atomic mass is 35.5. The molecule has 19 heavy (non-hydrogen) atoms. The maximum atomic E-state index is 9.25. The van der Waals surface area contributed by atoms with Crippen LogP contribution in [-0.4, -0.2) is 32.4 Å². The molecule has 6 nitrogen and oxygen atoms in total. The molecule has 3 heterocycles. The predicted octanol–water partition coefficient (Wildman–Crippen LogP) is 1.58. The Hall–Kier alpha value is -1.37. The van der Waals surface area contributed by atoms with Gasteiger partial charge in [0, 0.05) is 6.20 Å². The van der Waals surface area contributed by atoms with Gasteiger partial charge in [0.15, 0.2) is 0 Å². The van der Waals surface area contributed by atoms with Crippen molar-refractivity contribution in [1.82, 2.24) is 14.5 Å². The van der Waals surface area contributed by atoms with Gasteiger partial charge in [0.1, 0.15) is 17.7 Å². The molecule has 0 saturated carbocycles. The van der Waals surface area contributed by atoms with Crippen molar-refractivity contribution in [3.63, 3.8) is 0 Å². The van der Waals surface area contributed by atoms with Gasteiger partial charge in [0.05, 0.1) is 18.1 Å². The summed E-state index contributed by atoms with van der Waals surface area (Å²) in [4.78, 5) is 8.14. The van der Waals surface area contributed by atoms with Gasteiger partial charge < -0.3 is 20.1 Å². The minimum Gasteiger partial charge on any atom is -0.394 e. The van der Waals surface area contributed by atoms with Crippen LogP contribution in [0.4, 0.5) is 5.82 Å². The summed E-state index contributed by atoms with van der Waals surface area (Å²) in [5.41, 5.74) is 6.48. The number of halogens is 1. The Bertz CT molecular complexity index is 615. The molecule has 102 valence electrons. The van der Waals surface area contributed by atoms with Crippen LogP contribution < -0.4 is 5.73 Å². The lowest BCUT2D eigenvalue weighted by molar-refractivity contribution is -0.0275. The van der Waals surface area contributed by atoms with Crippen LogP contribution in [0.15, 0.2) is 12.3 Å². The Morgan fingerprint density at radius 2 is 2.37 bits per heavy atom. The van der Waals surface area contributed by atoms with Crippen molar-refractivity contribution in [3.05, 3.63) is 17.5 Å². The van der Waals surface area contributed by atoms with Crippen molar-refractivity contribution in [3.8, 4) is 0 Å². The molecule has 1 aliphatic rings. The van der Waals surface area contributed by atoms with Crippen LogP contribution in [0.2, 0.25) is 5.28 Å². The second kappa shape index (κ2) is 4.63. The van der Waals surface area contributed by atoms with Crippen molar-refractivity contribution in [2.45, 2.75) is 25.7 Å². The van der Waals surface area contributed by atoms with E-state index in [2.05, 4.69) is 16.9 Å². The summed E-state index contributed by atoms with van der Waals surface area (Å²) in [5, 5.41) is 10.1. The van der Waals surface area contributed by atoms with Crippen molar-refractivity contribution < 1.29 is 9.84 Å². The van der Waals surface area contributed by atoms with E-state index < -0.39 is 0 Å². The summed E-state index contributed by atoms with van der Waals surface area (Å²) >= 11 is 5.85. The van der Waals surface area contributed by atoms with Gasteiger partial charge in [-0.2, -0.15) is 4.98 Å². The number of fused-ring (bicyclic) bond motifs is 1. The highest BCUT2D eigenvalue weighted by Crippen LogP contribution is 2.35. The Morgan fingerprint density at radius 3 is 3.05 bits per heavy atom. The minimum absolute atomic E-state index is 0.0226. The number of nitrogens with two attached hydrogens (primary N) is 1. The third-order valence-electron chi connectivity index (χ3n) is 3.60. The van der Waals surface area contributed by atoms with Crippen LogP contribution in [0.3, 0.4) is 0 Å². The van der Waals surface area contributed by atoms with E-state index in [0.29, 0.717) is 17.4 Å². The van der Waals surface area contributed by atoms with Crippen LogP contribution in [0.1, 0.15) is 19.6 Å². The van der Waals surface area contributed by atoms with Crippen molar-refractivity contribution >= 4 is 28.5 Å². The molecule has 1 aliphatic heterocycles. The molecule has 0 bridgehead atoms. The van der Waals surface area contributed by atoms with Crippen LogP contribution in [0, 0.1) is 5.92 Å². The maximum absolute atomic E-state index is 9.25. The molecule has 7 heteroatoms. The third kappa shape index (κ3) is 2.05. The van der Waals surface area contributed by atoms with Crippen molar-refractivity contribution in [2.24, 2.45) is 5.92 Å². The van der Waals surface area contributed by atoms with Gasteiger partial charge in [0.2, 0.25) is 5.28 Å². The van der Waals surface area contributed by atoms with Crippen LogP contribution in [-0.2, 0) is 4.74 Å². The van der Waals surface area contributed by atoms with E-state index in [-0.39, 0.29) is 24.2 Å². The average molecular weight is 283 g/mol. The van der Waals surface area contributed by atoms with Gasteiger partial charge >= 0.3 is 0 Å². The van der Waals surface area contributed by atoms with Gasteiger partial charge in [-0.25, -0.2) is 4.98 Å². The Labute approximate surface area is 115 Å². The summed E-state index contributed by atoms with van der Waals surface area (Å²) < 4.78 is 7.72. The number of aliphatic hydroxyl groups is 1. The van der Waals surface area contributed by atoms with Gasteiger partial charge in [-0.3, -0.25) is 0 Å². The van der Waals surface area contributed by atoms with Crippen LogP contribution in [0.5, 0.6) is 0 Å². The van der Waals surface area contributed by atoms with Gasteiger partial charge in [-0.05, 0) is 30.0 Å². The minimum atomic E-state index is -0.157. The molecule has 2 aromatic rings. The first-order valence-electron chi connectivity index (χ1n) is 6.16. The zero-order chi connectivity index (χ0) is 13.6. The van der Waals surface area contributed by atoms with E-state index in [1.807, 2.05) is 16.8 Å². The molecule has 2 aromatic heterocycles. The number of rotatable bonds is 2. The van der Waals surface area contributed by atoms with Gasteiger partial charge in [-0.15, -0.1) is 0 Å². The number of hydrogen-bond acceptors (Lipinski definition) is 5. The number of hydrogen-bond donors (Lipinski definition) is 2. The van der Waals surface area contributed by atoms with E-state index in [4.69, 9.17) is 22.1 Å². The van der Waals surface area contributed by atoms with Crippen molar-refractivity contribution in [1.29, 1.82) is 0 Å². The monoisotopic (exact) mass is 282 g/mol. The molecule has 0 amide bonds. The SMILES string of the molecule is C[C@H]1C[C@H](n2ccc3c(N)nc(Cl)nc32)O[C@@H]1CO. The summed E-state index contributed by atoms with van der Waals surface area (Å²) in [6, 6.07) is 1.85. The van der Waals surface area contributed by atoms with E-state index in [0.717, 1.165) is 11.8 Å². The summed E-state index contributed by atoms with van der Waals surface area (Å²) in [5.74, 6) is 0.653. The zero-order valence-corrected chi connectivity index (χ0v) is 11.2. The molecule has 0 radical (unpaired) electrons. The standard InChI is InChI=1S/C12H15ClN4O2/c1-6-4-9(19-8(6)5-18)17-3-2-7-10(14)15-12(13)16-11(7)17/h2-3,6,8-9,18H,4-5H2,1H3,(H2,14,15,16)/t6-,8+,9+/m0/s1. The zero-order valence-electron chi connectivity index (χ0n) is 10.5. The Kier molecular flexibility index (Phi) is 3.08. The quantitative estimate of drug-likeness (QED) is 0.817. The topological polar surface area (TPSA) is 86.2 Å². The molecule has 3 atom stereocenters. The maximum Gasteiger partial charge on any atom is 0.226 e. The molecule has 3 rings (SSSR count). The lowest BCUT2D eigenvalue weighted by Crippen LogP contribution is -2.18. The lowest BCUT2D eigenvalue weighted by Gasteiger charge is -2.14. The fourth-order valence-electron chi connectivity index (χ4n) is 2.52. The molecular formula is C12H15ClN4O2. The van der Waals surface area contributed by atoms with E-state index in [9.17, 15) is 5.11 Å². The first-order chi connectivity index (χ1) is 9.10. The molecule has 1 saturated heterocycles. The second-order valence-electron chi connectivity index (χ2n) is 4.86. The normalized spacial score (nSPS) is 27.2. The fourth-order valence-corrected chi connectivity index (χ4v) is 2.70. The highest BCUT2D eigenvalue weighted by molar-refractivity contribution is 6.28. The fraction of sp³-hybridized carbons (Fsp3) is 0.500. The van der Waals surface area contributed by atoms with E-state index in [1.165, 1.54) is 0 Å². The van der Waals surface area contributed by atoms with Crippen LogP contribution in [0.25, 0.3) is 11.0 Å². The Morgan fingerprint density at radius 1 is 1.58 bits per heavy atom. The van der Waals surface area contributed by atoms with Crippen molar-refractivity contribution in [2.75, 3.05) is 12.3 Å². The molecule has 0 aromatic carbocycles. The highest BCUT2D eigenvalue weighted by Gasteiger charge is 2.33. The molecule has 0 aliphatic carbocycles. The van der Waals surface area contributed by atoms with Gasteiger partial charge in [0.25, 0.3) is 0 Å². The lowest BCUT2D eigenvalue weighted by atomic mass is 10.0. The summed E-state index contributed by atoms with van der Waals surface area (Å²) in [6.45, 7) is 2.08. The largest absolute Gasteiger partial charge is 0.394 e. The van der Waals surface area contributed by atoms with Crippen LogP contribution >= 0.6 is 11.6 Å². The summed E-state index contributed by atoms with van der Waals surface area (Å²) in [6.07, 6.45) is 2.38. The van der Waals surface area contributed by atoms with E-state index in [1.54, 1.807) is 0 Å². The molecular weight excluding hydrogens is 268 g/mol. The molecule has 3 N–H and O–H groups in total. The number of anilines is 1. The number of nitrogen functional groups attached to an aromatic ring is 1. The number of aliphatic hydroxyl groups excluding tert-OH is 1. The average Bonchev–Trinajstić information content (AvgIpc) is 2.92. The van der Waals surface area contributed by atoms with E-state index >= 15 is 0 Å². The molecule has 0 unspecified atom stereocenters. The molecule has 0 spiro atoms. The summed E-state index contributed by atoms with van der Waals surface area (Å²) in [7, 11) is 0. The Balaban J connectivity index is 2.02. The first kappa shape index (κ1) is 12.7. The molecule has 1 fully saturated rings. The number of aromatic nitrogens is 3. The third-order valence-corrected chi connectivity index (χ3v) is 3.77. The number of nitrogens with zero attached hydrogens (tertiary/aromatic N) is 3.